The number of methoxy groups -OCH3 is 1. The van der Waals surface area contributed by atoms with Gasteiger partial charge in [-0.15, -0.1) is 0 Å². The highest BCUT2D eigenvalue weighted by molar-refractivity contribution is 9.11. The number of hydrogen-bond acceptors (Lipinski definition) is 1. The maximum absolute atomic E-state index is 6.30. The van der Waals surface area contributed by atoms with Crippen molar-refractivity contribution in [2.45, 2.75) is 4.83 Å². The predicted molar refractivity (Wildman–Crippen MR) is 92.9 cm³/mol. The molecule has 1 unspecified atom stereocenters. The maximum Gasteiger partial charge on any atom is 0.138 e. The Morgan fingerprint density at radius 3 is 2.35 bits per heavy atom. The molecule has 0 aliphatic heterocycles. The number of ether oxygens (including phenoxy) is 1. The fourth-order valence-corrected chi connectivity index (χ4v) is 4.14. The van der Waals surface area contributed by atoms with E-state index in [9.17, 15) is 0 Å². The van der Waals surface area contributed by atoms with Crippen LogP contribution in [0.15, 0.2) is 34.8 Å². The molecule has 0 amide bonds. The molecule has 2 rings (SSSR count). The first-order valence-electron chi connectivity index (χ1n) is 5.56. The maximum atomic E-state index is 6.30. The molecule has 0 bridgehead atoms. The molecular formula is C14H9Br2Cl3O. The molecule has 2 aromatic rings. The van der Waals surface area contributed by atoms with Crippen molar-refractivity contribution in [1.29, 1.82) is 0 Å². The van der Waals surface area contributed by atoms with Gasteiger partial charge < -0.3 is 4.74 Å². The average Bonchev–Trinajstić information content (AvgIpc) is 2.42. The van der Waals surface area contributed by atoms with Gasteiger partial charge in [-0.2, -0.15) is 0 Å². The van der Waals surface area contributed by atoms with Gasteiger partial charge in [0.25, 0.3) is 0 Å². The standard InChI is InChI=1S/C14H9Br2Cl3O/c1-20-13-6-11(18)9(5-12(13)19)14(16)8-4-7(17)2-3-10(8)15/h2-6,14H,1H3. The Balaban J connectivity index is 2.50. The smallest absolute Gasteiger partial charge is 0.138 e. The minimum Gasteiger partial charge on any atom is -0.495 e. The van der Waals surface area contributed by atoms with Gasteiger partial charge in [-0.25, -0.2) is 0 Å². The minimum absolute atomic E-state index is 0.133. The molecule has 1 nitrogen and oxygen atoms in total. The zero-order valence-electron chi connectivity index (χ0n) is 10.3. The van der Waals surface area contributed by atoms with E-state index in [1.807, 2.05) is 18.2 Å². The first kappa shape index (κ1) is 16.4. The van der Waals surface area contributed by atoms with Gasteiger partial charge in [0.15, 0.2) is 0 Å². The van der Waals surface area contributed by atoms with E-state index in [2.05, 4.69) is 31.9 Å². The van der Waals surface area contributed by atoms with Gasteiger partial charge in [0.2, 0.25) is 0 Å². The fraction of sp³-hybridized carbons (Fsp3) is 0.143. The largest absolute Gasteiger partial charge is 0.495 e. The van der Waals surface area contributed by atoms with Crippen LogP contribution in [0.4, 0.5) is 0 Å². The highest BCUT2D eigenvalue weighted by atomic mass is 79.9. The summed E-state index contributed by atoms with van der Waals surface area (Å²) in [6.45, 7) is 0. The third-order valence-electron chi connectivity index (χ3n) is 2.78. The zero-order chi connectivity index (χ0) is 14.9. The zero-order valence-corrected chi connectivity index (χ0v) is 15.7. The summed E-state index contributed by atoms with van der Waals surface area (Å²) in [6, 6.07) is 9.07. The summed E-state index contributed by atoms with van der Waals surface area (Å²) in [6.07, 6.45) is 0. The minimum atomic E-state index is -0.133. The summed E-state index contributed by atoms with van der Waals surface area (Å²) in [7, 11) is 1.55. The third-order valence-corrected chi connectivity index (χ3v) is 5.34. The lowest BCUT2D eigenvalue weighted by atomic mass is 10.0. The molecule has 0 fully saturated rings. The first-order valence-corrected chi connectivity index (χ1v) is 8.40. The van der Waals surface area contributed by atoms with E-state index < -0.39 is 0 Å². The SMILES string of the molecule is COc1cc(Cl)c(C(Br)c2cc(Cl)ccc2Br)cc1Cl. The summed E-state index contributed by atoms with van der Waals surface area (Å²) in [5.74, 6) is 0.547. The van der Waals surface area contributed by atoms with Crippen LogP contribution < -0.4 is 4.74 Å². The van der Waals surface area contributed by atoms with E-state index in [1.165, 1.54) is 0 Å². The van der Waals surface area contributed by atoms with E-state index in [0.717, 1.165) is 15.6 Å². The second-order valence-corrected chi connectivity index (χ2v) is 7.06. The summed E-state index contributed by atoms with van der Waals surface area (Å²) >= 11 is 25.7. The number of alkyl halides is 1. The lowest BCUT2D eigenvalue weighted by Crippen LogP contribution is -1.97. The highest BCUT2D eigenvalue weighted by Crippen LogP contribution is 2.42. The summed E-state index contributed by atoms with van der Waals surface area (Å²) in [5, 5.41) is 1.73. The van der Waals surface area contributed by atoms with Gasteiger partial charge in [0.05, 0.1) is 17.0 Å². The van der Waals surface area contributed by atoms with Crippen LogP contribution in [0, 0.1) is 0 Å². The van der Waals surface area contributed by atoms with Crippen molar-refractivity contribution >= 4 is 66.7 Å². The van der Waals surface area contributed by atoms with E-state index in [1.54, 1.807) is 19.2 Å². The number of rotatable bonds is 3. The van der Waals surface area contributed by atoms with Crippen LogP contribution in [0.25, 0.3) is 0 Å². The Morgan fingerprint density at radius 2 is 1.70 bits per heavy atom. The van der Waals surface area contributed by atoms with Crippen molar-refractivity contribution in [3.05, 3.63) is 61.0 Å². The summed E-state index contributed by atoms with van der Waals surface area (Å²) < 4.78 is 6.08. The normalized spacial score (nSPS) is 12.3. The van der Waals surface area contributed by atoms with Crippen molar-refractivity contribution in [3.8, 4) is 5.75 Å². The van der Waals surface area contributed by atoms with E-state index in [-0.39, 0.29) is 4.83 Å². The number of halogens is 5. The topological polar surface area (TPSA) is 9.23 Å². The Labute approximate surface area is 149 Å². The molecule has 0 aromatic heterocycles. The molecule has 0 aliphatic carbocycles. The second-order valence-electron chi connectivity index (χ2n) is 4.04. The quantitative estimate of drug-likeness (QED) is 0.454. The molecule has 1 atom stereocenters. The van der Waals surface area contributed by atoms with Crippen molar-refractivity contribution < 1.29 is 4.74 Å². The molecule has 0 saturated carbocycles. The molecular weight excluding hydrogens is 450 g/mol. The molecule has 106 valence electrons. The van der Waals surface area contributed by atoms with Crippen LogP contribution in [-0.2, 0) is 0 Å². The van der Waals surface area contributed by atoms with Gasteiger partial charge in [-0.05, 0) is 35.4 Å². The van der Waals surface area contributed by atoms with Crippen LogP contribution in [-0.4, -0.2) is 7.11 Å². The van der Waals surface area contributed by atoms with Gasteiger partial charge in [0, 0.05) is 20.6 Å². The van der Waals surface area contributed by atoms with Crippen LogP contribution in [0.2, 0.25) is 15.1 Å². The Hall–Kier alpha value is 0.0700. The number of hydrogen-bond donors (Lipinski definition) is 0. The Kier molecular flexibility index (Phi) is 5.66. The molecule has 0 saturated heterocycles. The third kappa shape index (κ3) is 3.45. The Morgan fingerprint density at radius 1 is 1.00 bits per heavy atom. The van der Waals surface area contributed by atoms with Crippen molar-refractivity contribution in [1.82, 2.24) is 0 Å². The number of benzene rings is 2. The van der Waals surface area contributed by atoms with Crippen LogP contribution in [0.3, 0.4) is 0 Å². The van der Waals surface area contributed by atoms with Gasteiger partial charge in [0.1, 0.15) is 5.75 Å². The van der Waals surface area contributed by atoms with Crippen LogP contribution >= 0.6 is 66.7 Å². The highest BCUT2D eigenvalue weighted by Gasteiger charge is 2.19. The van der Waals surface area contributed by atoms with Crippen molar-refractivity contribution in [2.75, 3.05) is 7.11 Å². The van der Waals surface area contributed by atoms with Crippen LogP contribution in [0.5, 0.6) is 5.75 Å². The fourth-order valence-electron chi connectivity index (χ4n) is 1.77. The van der Waals surface area contributed by atoms with E-state index >= 15 is 0 Å². The van der Waals surface area contributed by atoms with Gasteiger partial charge in [-0.3, -0.25) is 0 Å². The van der Waals surface area contributed by atoms with E-state index in [0.29, 0.717) is 20.8 Å². The lowest BCUT2D eigenvalue weighted by molar-refractivity contribution is 0.415. The molecule has 0 aliphatic rings. The van der Waals surface area contributed by atoms with Gasteiger partial charge >= 0.3 is 0 Å². The van der Waals surface area contributed by atoms with Gasteiger partial charge in [-0.1, -0.05) is 66.7 Å². The average molecular weight is 459 g/mol. The molecule has 0 radical (unpaired) electrons. The second kappa shape index (κ2) is 6.89. The summed E-state index contributed by atoms with van der Waals surface area (Å²) in [5.41, 5.74) is 1.82. The summed E-state index contributed by atoms with van der Waals surface area (Å²) in [4.78, 5) is -0.133. The Bertz CT molecular complexity index is 647. The molecule has 20 heavy (non-hydrogen) atoms. The van der Waals surface area contributed by atoms with Crippen LogP contribution in [0.1, 0.15) is 16.0 Å². The molecule has 0 heterocycles. The first-order chi connectivity index (χ1) is 9.43. The molecule has 0 N–H and O–H groups in total. The molecule has 2 aromatic carbocycles. The van der Waals surface area contributed by atoms with Crippen molar-refractivity contribution in [2.24, 2.45) is 0 Å². The molecule has 6 heteroatoms. The lowest BCUT2D eigenvalue weighted by Gasteiger charge is -2.16. The predicted octanol–water partition coefficient (Wildman–Crippen LogP) is 6.90. The monoisotopic (exact) mass is 456 g/mol. The molecule has 0 spiro atoms. The van der Waals surface area contributed by atoms with Crippen molar-refractivity contribution in [3.63, 3.8) is 0 Å². The van der Waals surface area contributed by atoms with E-state index in [4.69, 9.17) is 39.5 Å².